The highest BCUT2D eigenvalue weighted by Crippen LogP contribution is 2.26. The molecule has 0 radical (unpaired) electrons. The third-order valence-corrected chi connectivity index (χ3v) is 4.17. The number of nitrogens with one attached hydrogen (secondary N) is 1. The van der Waals surface area contributed by atoms with Gasteiger partial charge in [0.25, 0.3) is 0 Å². The van der Waals surface area contributed by atoms with E-state index in [0.29, 0.717) is 0 Å². The molecule has 3 rings (SSSR count). The van der Waals surface area contributed by atoms with E-state index >= 15 is 0 Å². The van der Waals surface area contributed by atoms with Crippen LogP contribution >= 0.6 is 0 Å². The molecule has 0 unspecified atom stereocenters. The van der Waals surface area contributed by atoms with Crippen molar-refractivity contribution in [3.05, 3.63) is 77.5 Å². The zero-order valence-electron chi connectivity index (χ0n) is 13.8. The van der Waals surface area contributed by atoms with Gasteiger partial charge in [0.1, 0.15) is 0 Å². The summed E-state index contributed by atoms with van der Waals surface area (Å²) in [5, 5.41) is 17.2. The summed E-state index contributed by atoms with van der Waals surface area (Å²) in [5.74, 6) is 0.829. The van der Waals surface area contributed by atoms with Crippen LogP contribution in [0.3, 0.4) is 0 Å². The Balaban J connectivity index is 1.68. The first-order chi connectivity index (χ1) is 11.8. The molecular weight excluding hydrogens is 300 g/mol. The molecule has 0 fully saturated rings. The van der Waals surface area contributed by atoms with E-state index in [1.54, 1.807) is 0 Å². The number of nitrogens with zero attached hydrogens (tertiary/aromatic N) is 1. The summed E-state index contributed by atoms with van der Waals surface area (Å²) < 4.78 is 5.52. The van der Waals surface area contributed by atoms with Crippen molar-refractivity contribution in [2.24, 2.45) is 0 Å². The number of aromatic nitrogens is 1. The van der Waals surface area contributed by atoms with E-state index in [9.17, 15) is 5.11 Å². The average molecular weight is 322 g/mol. The largest absolute Gasteiger partial charge is 0.394 e. The minimum absolute atomic E-state index is 0.0634. The van der Waals surface area contributed by atoms with Gasteiger partial charge in [-0.2, -0.15) is 0 Å². The fourth-order valence-corrected chi connectivity index (χ4v) is 2.84. The SMILES string of the molecule is Cc1noc(-c2ccccc2)c1CCN[C@H](CO)c1ccccc1. The smallest absolute Gasteiger partial charge is 0.170 e. The maximum atomic E-state index is 9.63. The molecule has 2 aromatic carbocycles. The highest BCUT2D eigenvalue weighted by atomic mass is 16.5. The third kappa shape index (κ3) is 3.72. The molecule has 3 aromatic rings. The lowest BCUT2D eigenvalue weighted by Crippen LogP contribution is -2.26. The Kier molecular flexibility index (Phi) is 5.41. The Morgan fingerprint density at radius 3 is 2.38 bits per heavy atom. The van der Waals surface area contributed by atoms with E-state index in [2.05, 4.69) is 10.5 Å². The predicted molar refractivity (Wildman–Crippen MR) is 94.7 cm³/mol. The van der Waals surface area contributed by atoms with Crippen LogP contribution < -0.4 is 5.32 Å². The first kappa shape index (κ1) is 16.4. The lowest BCUT2D eigenvalue weighted by molar-refractivity contribution is 0.245. The molecule has 0 saturated carbocycles. The molecule has 24 heavy (non-hydrogen) atoms. The molecule has 2 N–H and O–H groups in total. The zero-order valence-corrected chi connectivity index (χ0v) is 13.8. The second kappa shape index (κ2) is 7.90. The fourth-order valence-electron chi connectivity index (χ4n) is 2.84. The van der Waals surface area contributed by atoms with Gasteiger partial charge in [0.05, 0.1) is 18.3 Å². The number of hydrogen-bond donors (Lipinski definition) is 2. The number of hydrogen-bond acceptors (Lipinski definition) is 4. The Morgan fingerprint density at radius 1 is 1.04 bits per heavy atom. The van der Waals surface area contributed by atoms with Gasteiger partial charge in [0, 0.05) is 17.7 Å². The second-order valence-corrected chi connectivity index (χ2v) is 5.79. The van der Waals surface area contributed by atoms with Crippen LogP contribution in [-0.2, 0) is 6.42 Å². The molecule has 1 aromatic heterocycles. The Morgan fingerprint density at radius 2 is 1.71 bits per heavy atom. The van der Waals surface area contributed by atoms with Crippen molar-refractivity contribution in [1.82, 2.24) is 10.5 Å². The molecule has 0 bridgehead atoms. The Bertz CT molecular complexity index is 754. The van der Waals surface area contributed by atoms with Crippen LogP contribution in [-0.4, -0.2) is 23.4 Å². The summed E-state index contributed by atoms with van der Waals surface area (Å²) in [5.41, 5.74) is 4.15. The van der Waals surface area contributed by atoms with E-state index < -0.39 is 0 Å². The van der Waals surface area contributed by atoms with Gasteiger partial charge >= 0.3 is 0 Å². The summed E-state index contributed by atoms with van der Waals surface area (Å²) in [7, 11) is 0. The molecule has 1 heterocycles. The van der Waals surface area contributed by atoms with E-state index in [0.717, 1.165) is 41.1 Å². The van der Waals surface area contributed by atoms with Crippen LogP contribution in [0.4, 0.5) is 0 Å². The van der Waals surface area contributed by atoms with Crippen molar-refractivity contribution in [2.45, 2.75) is 19.4 Å². The molecule has 0 spiro atoms. The topological polar surface area (TPSA) is 58.3 Å². The van der Waals surface area contributed by atoms with Crippen LogP contribution in [0, 0.1) is 6.92 Å². The van der Waals surface area contributed by atoms with E-state index in [1.807, 2.05) is 67.6 Å². The molecule has 4 heteroatoms. The summed E-state index contributed by atoms with van der Waals surface area (Å²) >= 11 is 0. The molecule has 0 aliphatic rings. The third-order valence-electron chi connectivity index (χ3n) is 4.17. The number of aryl methyl sites for hydroxylation is 1. The highest BCUT2D eigenvalue weighted by molar-refractivity contribution is 5.61. The van der Waals surface area contributed by atoms with Gasteiger partial charge in [0.15, 0.2) is 5.76 Å². The Hall–Kier alpha value is -2.43. The number of rotatable bonds is 7. The minimum atomic E-state index is -0.0634. The predicted octanol–water partition coefficient (Wildman–Crippen LogP) is 3.52. The second-order valence-electron chi connectivity index (χ2n) is 5.79. The van der Waals surface area contributed by atoms with Crippen LogP contribution in [0.25, 0.3) is 11.3 Å². The van der Waals surface area contributed by atoms with E-state index in [1.165, 1.54) is 0 Å². The quantitative estimate of drug-likeness (QED) is 0.699. The molecular formula is C20H22N2O2. The van der Waals surface area contributed by atoms with E-state index in [4.69, 9.17) is 4.52 Å². The summed E-state index contributed by atoms with van der Waals surface area (Å²) in [6, 6.07) is 19.9. The number of benzene rings is 2. The monoisotopic (exact) mass is 322 g/mol. The van der Waals surface area contributed by atoms with E-state index in [-0.39, 0.29) is 12.6 Å². The molecule has 0 aliphatic heterocycles. The molecule has 0 amide bonds. The van der Waals surface area contributed by atoms with Crippen molar-refractivity contribution in [1.29, 1.82) is 0 Å². The lowest BCUT2D eigenvalue weighted by Gasteiger charge is -2.16. The minimum Gasteiger partial charge on any atom is -0.394 e. The molecule has 1 atom stereocenters. The zero-order chi connectivity index (χ0) is 16.8. The normalized spacial score (nSPS) is 12.2. The van der Waals surface area contributed by atoms with Gasteiger partial charge in [-0.25, -0.2) is 0 Å². The van der Waals surface area contributed by atoms with Crippen molar-refractivity contribution >= 4 is 0 Å². The van der Waals surface area contributed by atoms with Crippen molar-refractivity contribution in [3.63, 3.8) is 0 Å². The molecule has 4 nitrogen and oxygen atoms in total. The maximum absolute atomic E-state index is 9.63. The summed E-state index contributed by atoms with van der Waals surface area (Å²) in [6.45, 7) is 2.77. The van der Waals surface area contributed by atoms with Crippen molar-refractivity contribution in [2.75, 3.05) is 13.2 Å². The van der Waals surface area contributed by atoms with Crippen LogP contribution in [0.1, 0.15) is 22.9 Å². The molecule has 124 valence electrons. The fraction of sp³-hybridized carbons (Fsp3) is 0.250. The first-order valence-corrected chi connectivity index (χ1v) is 8.19. The highest BCUT2D eigenvalue weighted by Gasteiger charge is 2.15. The van der Waals surface area contributed by atoms with Crippen molar-refractivity contribution in [3.8, 4) is 11.3 Å². The van der Waals surface area contributed by atoms with Gasteiger partial charge < -0.3 is 14.9 Å². The maximum Gasteiger partial charge on any atom is 0.170 e. The number of aliphatic hydroxyl groups excluding tert-OH is 1. The van der Waals surface area contributed by atoms with Crippen LogP contribution in [0.15, 0.2) is 65.2 Å². The standard InChI is InChI=1S/C20H22N2O2/c1-15-18(20(24-22-15)17-10-6-3-7-11-17)12-13-21-19(14-23)16-8-4-2-5-9-16/h2-11,19,21,23H,12-14H2,1H3/t19-/m1/s1. The first-order valence-electron chi connectivity index (χ1n) is 8.19. The summed E-state index contributed by atoms with van der Waals surface area (Å²) in [4.78, 5) is 0. The van der Waals surface area contributed by atoms with Crippen LogP contribution in [0.2, 0.25) is 0 Å². The average Bonchev–Trinajstić information content (AvgIpc) is 3.01. The molecule has 0 saturated heterocycles. The van der Waals surface area contributed by atoms with Crippen molar-refractivity contribution < 1.29 is 9.63 Å². The van der Waals surface area contributed by atoms with Gasteiger partial charge in [-0.05, 0) is 18.9 Å². The number of aliphatic hydroxyl groups is 1. The Labute approximate surface area is 142 Å². The van der Waals surface area contributed by atoms with Gasteiger partial charge in [-0.3, -0.25) is 0 Å². The van der Waals surface area contributed by atoms with Gasteiger partial charge in [0.2, 0.25) is 0 Å². The van der Waals surface area contributed by atoms with Gasteiger partial charge in [-0.1, -0.05) is 65.8 Å². The lowest BCUT2D eigenvalue weighted by atomic mass is 10.0. The summed E-state index contributed by atoms with van der Waals surface area (Å²) in [6.07, 6.45) is 0.795. The molecule has 0 aliphatic carbocycles. The van der Waals surface area contributed by atoms with Gasteiger partial charge in [-0.15, -0.1) is 0 Å². The van der Waals surface area contributed by atoms with Crippen LogP contribution in [0.5, 0.6) is 0 Å².